The third-order valence-corrected chi connectivity index (χ3v) is 8.34. The number of aliphatic hydroxyl groups is 1. The highest BCUT2D eigenvalue weighted by Gasteiger charge is 2.42. The maximum Gasteiger partial charge on any atom is 0.416 e. The van der Waals surface area contributed by atoms with Gasteiger partial charge in [-0.3, -0.25) is 4.79 Å². The van der Waals surface area contributed by atoms with Crippen LogP contribution in [0.2, 0.25) is 0 Å². The van der Waals surface area contributed by atoms with Gasteiger partial charge in [-0.15, -0.1) is 0 Å². The lowest BCUT2D eigenvalue weighted by Gasteiger charge is -2.37. The molecule has 0 aromatic heterocycles. The minimum absolute atomic E-state index is 0.122. The van der Waals surface area contributed by atoms with Crippen molar-refractivity contribution in [1.29, 1.82) is 0 Å². The van der Waals surface area contributed by atoms with Crippen LogP contribution in [0.4, 0.5) is 4.79 Å². The van der Waals surface area contributed by atoms with E-state index in [-0.39, 0.29) is 19.6 Å². The number of aliphatic hydroxyl groups excluding tert-OH is 1. The molecule has 1 aliphatic heterocycles. The molecule has 44 heavy (non-hydrogen) atoms. The van der Waals surface area contributed by atoms with Crippen molar-refractivity contribution in [2.75, 3.05) is 20.3 Å². The highest BCUT2D eigenvalue weighted by atomic mass is 16.6. The van der Waals surface area contributed by atoms with Crippen molar-refractivity contribution < 1.29 is 28.9 Å². The van der Waals surface area contributed by atoms with Crippen LogP contribution in [0.3, 0.4) is 0 Å². The first-order chi connectivity index (χ1) is 21.4. The first kappa shape index (κ1) is 31.1. The molecule has 7 heteroatoms. The van der Waals surface area contributed by atoms with Crippen molar-refractivity contribution in [1.82, 2.24) is 4.90 Å². The SMILES string of the molecule is CO[C@@H](COC(c1ccccc1)(c1ccccc1)c1ccccc1)C[C@H](O)[C@@H](C)C(=O)N1C(=O)OC[C@H]1Cc1ccccc1. The number of hydrogen-bond acceptors (Lipinski definition) is 6. The Kier molecular flexibility index (Phi) is 10.2. The van der Waals surface area contributed by atoms with E-state index >= 15 is 0 Å². The summed E-state index contributed by atoms with van der Waals surface area (Å²) < 4.78 is 17.9. The third kappa shape index (κ3) is 6.76. The Balaban J connectivity index is 1.34. The minimum Gasteiger partial charge on any atom is -0.447 e. The van der Waals surface area contributed by atoms with Gasteiger partial charge >= 0.3 is 6.09 Å². The van der Waals surface area contributed by atoms with Gasteiger partial charge in [0.05, 0.1) is 30.8 Å². The van der Waals surface area contributed by atoms with Gasteiger partial charge < -0.3 is 19.3 Å². The number of nitrogens with zero attached hydrogens (tertiary/aromatic N) is 1. The van der Waals surface area contributed by atoms with Crippen LogP contribution in [0, 0.1) is 5.92 Å². The Morgan fingerprint density at radius 3 is 1.82 bits per heavy atom. The molecule has 1 N–H and O–H groups in total. The van der Waals surface area contributed by atoms with Crippen LogP contribution in [0.15, 0.2) is 121 Å². The summed E-state index contributed by atoms with van der Waals surface area (Å²) in [6.45, 7) is 1.89. The Bertz CT molecular complexity index is 1390. The molecule has 1 fully saturated rings. The molecule has 1 saturated heterocycles. The van der Waals surface area contributed by atoms with Crippen molar-refractivity contribution in [3.63, 3.8) is 0 Å². The van der Waals surface area contributed by atoms with Crippen molar-refractivity contribution in [2.24, 2.45) is 5.92 Å². The minimum atomic E-state index is -1.08. The highest BCUT2D eigenvalue weighted by Crippen LogP contribution is 2.40. The lowest BCUT2D eigenvalue weighted by Crippen LogP contribution is -2.46. The van der Waals surface area contributed by atoms with Gasteiger partial charge in [0, 0.05) is 13.5 Å². The molecule has 0 saturated carbocycles. The average molecular weight is 594 g/mol. The topological polar surface area (TPSA) is 85.3 Å². The van der Waals surface area contributed by atoms with Crippen molar-refractivity contribution >= 4 is 12.0 Å². The summed E-state index contributed by atoms with van der Waals surface area (Å²) in [5.74, 6) is -1.33. The number of amides is 2. The van der Waals surface area contributed by atoms with Crippen molar-refractivity contribution in [2.45, 2.75) is 43.6 Å². The van der Waals surface area contributed by atoms with Gasteiger partial charge in [-0.05, 0) is 28.7 Å². The number of methoxy groups -OCH3 is 1. The van der Waals surface area contributed by atoms with E-state index in [1.54, 1.807) is 14.0 Å². The molecule has 2 amide bonds. The molecule has 4 atom stereocenters. The van der Waals surface area contributed by atoms with Crippen LogP contribution in [-0.2, 0) is 31.0 Å². The summed E-state index contributed by atoms with van der Waals surface area (Å²) in [5, 5.41) is 11.3. The first-order valence-electron chi connectivity index (χ1n) is 15.0. The van der Waals surface area contributed by atoms with Gasteiger partial charge in [0.15, 0.2) is 0 Å². The predicted molar refractivity (Wildman–Crippen MR) is 168 cm³/mol. The summed E-state index contributed by atoms with van der Waals surface area (Å²) in [6.07, 6.45) is -1.69. The normalized spacial score (nSPS) is 17.1. The second kappa shape index (κ2) is 14.4. The van der Waals surface area contributed by atoms with E-state index in [2.05, 4.69) is 0 Å². The standard InChI is InChI=1S/C37H39NO6/c1-27(35(40)38-32(25-43-36(38)41)23-28-15-7-3-8-16-28)34(39)24-33(42-2)26-44-37(29-17-9-4-10-18-29,30-19-11-5-12-20-30)31-21-13-6-14-22-31/h3-22,27,32-34,39H,23-26H2,1-2H3/t27-,32-,33-,34+/m1/s1. The third-order valence-electron chi connectivity index (χ3n) is 8.34. The molecule has 1 heterocycles. The fourth-order valence-electron chi connectivity index (χ4n) is 5.84. The second-order valence-electron chi connectivity index (χ2n) is 11.2. The molecule has 0 aliphatic carbocycles. The van der Waals surface area contributed by atoms with Gasteiger partial charge in [0.2, 0.25) is 5.91 Å². The Hall–Kier alpha value is -4.30. The van der Waals surface area contributed by atoms with E-state index < -0.39 is 41.8 Å². The predicted octanol–water partition coefficient (Wildman–Crippen LogP) is 5.99. The second-order valence-corrected chi connectivity index (χ2v) is 11.2. The summed E-state index contributed by atoms with van der Waals surface area (Å²) in [6, 6.07) is 39.3. The zero-order valence-electron chi connectivity index (χ0n) is 25.1. The van der Waals surface area contributed by atoms with E-state index in [4.69, 9.17) is 14.2 Å². The van der Waals surface area contributed by atoms with Gasteiger partial charge in [0.25, 0.3) is 0 Å². The molecular weight excluding hydrogens is 554 g/mol. The lowest BCUT2D eigenvalue weighted by atomic mass is 9.80. The van der Waals surface area contributed by atoms with E-state index in [0.29, 0.717) is 6.42 Å². The Morgan fingerprint density at radius 2 is 1.34 bits per heavy atom. The van der Waals surface area contributed by atoms with Crippen LogP contribution < -0.4 is 0 Å². The van der Waals surface area contributed by atoms with Crippen LogP contribution in [0.25, 0.3) is 0 Å². The molecule has 1 aliphatic rings. The van der Waals surface area contributed by atoms with E-state index in [0.717, 1.165) is 27.2 Å². The molecule has 5 rings (SSSR count). The van der Waals surface area contributed by atoms with E-state index in [1.807, 2.05) is 121 Å². The highest BCUT2D eigenvalue weighted by molar-refractivity contribution is 5.95. The van der Waals surface area contributed by atoms with Crippen molar-refractivity contribution in [3.8, 4) is 0 Å². The zero-order valence-corrected chi connectivity index (χ0v) is 25.1. The maximum atomic E-state index is 13.5. The number of rotatable bonds is 13. The van der Waals surface area contributed by atoms with Crippen LogP contribution in [0.5, 0.6) is 0 Å². The van der Waals surface area contributed by atoms with Gasteiger partial charge in [-0.2, -0.15) is 0 Å². The molecule has 4 aromatic rings. The fraction of sp³-hybridized carbons (Fsp3) is 0.297. The zero-order chi connectivity index (χ0) is 30.9. The van der Waals surface area contributed by atoms with E-state index in [1.165, 1.54) is 0 Å². The number of carbonyl (C=O) groups excluding carboxylic acids is 2. The number of ether oxygens (including phenoxy) is 3. The smallest absolute Gasteiger partial charge is 0.416 e. The fourth-order valence-corrected chi connectivity index (χ4v) is 5.84. The molecule has 0 bridgehead atoms. The van der Waals surface area contributed by atoms with E-state index in [9.17, 15) is 14.7 Å². The first-order valence-corrected chi connectivity index (χ1v) is 15.0. The quantitative estimate of drug-likeness (QED) is 0.192. The lowest BCUT2D eigenvalue weighted by molar-refractivity contribution is -0.138. The summed E-state index contributed by atoms with van der Waals surface area (Å²) in [5.41, 5.74) is 2.91. The maximum absolute atomic E-state index is 13.5. The van der Waals surface area contributed by atoms with Gasteiger partial charge in [0.1, 0.15) is 12.2 Å². The van der Waals surface area contributed by atoms with Crippen LogP contribution in [-0.4, -0.2) is 60.6 Å². The molecule has 0 unspecified atom stereocenters. The molecule has 0 radical (unpaired) electrons. The monoisotopic (exact) mass is 593 g/mol. The van der Waals surface area contributed by atoms with Gasteiger partial charge in [-0.1, -0.05) is 128 Å². The number of benzene rings is 4. The number of hydrogen-bond donors (Lipinski definition) is 1. The molecule has 7 nitrogen and oxygen atoms in total. The molecular formula is C37H39NO6. The van der Waals surface area contributed by atoms with Gasteiger partial charge in [-0.25, -0.2) is 9.69 Å². The van der Waals surface area contributed by atoms with Crippen LogP contribution in [0.1, 0.15) is 35.6 Å². The molecule has 228 valence electrons. The Morgan fingerprint density at radius 1 is 0.864 bits per heavy atom. The number of cyclic esters (lactones) is 1. The summed E-state index contributed by atoms with van der Waals surface area (Å²) in [7, 11) is 1.57. The summed E-state index contributed by atoms with van der Waals surface area (Å²) in [4.78, 5) is 27.3. The summed E-state index contributed by atoms with van der Waals surface area (Å²) >= 11 is 0. The number of carbonyl (C=O) groups is 2. The number of imide groups is 1. The molecule has 4 aromatic carbocycles. The Labute approximate surface area is 259 Å². The van der Waals surface area contributed by atoms with Crippen LogP contribution >= 0.6 is 0 Å². The average Bonchev–Trinajstić information content (AvgIpc) is 3.44. The molecule has 0 spiro atoms. The van der Waals surface area contributed by atoms with Crippen molar-refractivity contribution in [3.05, 3.63) is 144 Å². The largest absolute Gasteiger partial charge is 0.447 e.